The summed E-state index contributed by atoms with van der Waals surface area (Å²) in [5.41, 5.74) is -0.391. The van der Waals surface area contributed by atoms with E-state index < -0.39 is 47.4 Å². The van der Waals surface area contributed by atoms with Crippen LogP contribution in [0.3, 0.4) is 0 Å². The molecule has 1 aliphatic rings. The van der Waals surface area contributed by atoms with Gasteiger partial charge in [0.25, 0.3) is 16.1 Å². The van der Waals surface area contributed by atoms with Crippen LogP contribution < -0.4 is 4.72 Å². The van der Waals surface area contributed by atoms with E-state index in [1.54, 1.807) is 0 Å². The molecule has 2 N–H and O–H groups in total. The molecule has 6 nitrogen and oxygen atoms in total. The monoisotopic (exact) mass is 338 g/mol. The third kappa shape index (κ3) is 3.76. The van der Waals surface area contributed by atoms with Crippen molar-refractivity contribution in [2.75, 3.05) is 13.1 Å². The van der Waals surface area contributed by atoms with Crippen LogP contribution in [0.25, 0.3) is 0 Å². The molecular formula is C12H13F3N2O4S. The molecule has 1 aromatic carbocycles. The normalized spacial score (nSPS) is 18.5. The van der Waals surface area contributed by atoms with Crippen LogP contribution in [-0.4, -0.2) is 42.8 Å². The van der Waals surface area contributed by atoms with Gasteiger partial charge in [0.15, 0.2) is 0 Å². The molecule has 2 rings (SSSR count). The van der Waals surface area contributed by atoms with Crippen molar-refractivity contribution in [2.24, 2.45) is 0 Å². The highest BCUT2D eigenvalue weighted by atomic mass is 32.2. The van der Waals surface area contributed by atoms with E-state index in [9.17, 15) is 26.4 Å². The van der Waals surface area contributed by atoms with Gasteiger partial charge in [0.05, 0.1) is 12.1 Å². The molecule has 0 aromatic heterocycles. The Morgan fingerprint density at radius 1 is 1.41 bits per heavy atom. The van der Waals surface area contributed by atoms with Crippen LogP contribution >= 0.6 is 0 Å². The molecule has 10 heteroatoms. The number of carboxylic acids is 1. The van der Waals surface area contributed by atoms with Crippen LogP contribution in [0.1, 0.15) is 22.3 Å². The summed E-state index contributed by atoms with van der Waals surface area (Å²) in [6.07, 6.45) is -0.573. The van der Waals surface area contributed by atoms with E-state index in [1.165, 1.54) is 0 Å². The number of alkyl halides is 2. The van der Waals surface area contributed by atoms with Crippen LogP contribution in [0, 0.1) is 5.82 Å². The molecule has 1 heterocycles. The Kier molecular flexibility index (Phi) is 4.45. The zero-order valence-corrected chi connectivity index (χ0v) is 12.0. The van der Waals surface area contributed by atoms with Gasteiger partial charge < -0.3 is 5.11 Å². The minimum Gasteiger partial charge on any atom is -0.478 e. The Morgan fingerprint density at radius 2 is 2.09 bits per heavy atom. The molecular weight excluding hydrogens is 325 g/mol. The number of carboxylic acid groups (broad SMARTS) is 1. The Balaban J connectivity index is 2.09. The molecule has 0 radical (unpaired) electrons. The molecule has 0 saturated carbocycles. The maximum Gasteiger partial charge on any atom is 0.335 e. The Bertz CT molecular complexity index is 694. The first-order valence-corrected chi connectivity index (χ1v) is 7.69. The smallest absolute Gasteiger partial charge is 0.335 e. The average Bonchev–Trinajstić information content (AvgIpc) is 2.78. The van der Waals surface area contributed by atoms with Crippen molar-refractivity contribution in [2.45, 2.75) is 18.9 Å². The first-order chi connectivity index (χ1) is 10.1. The van der Waals surface area contributed by atoms with Crippen LogP contribution in [0.5, 0.6) is 0 Å². The Morgan fingerprint density at radius 3 is 2.64 bits per heavy atom. The summed E-state index contributed by atoms with van der Waals surface area (Å²) in [6, 6.07) is 2.92. The van der Waals surface area contributed by atoms with E-state index in [0.717, 1.165) is 18.2 Å². The van der Waals surface area contributed by atoms with Gasteiger partial charge in [-0.2, -0.15) is 17.4 Å². The number of nitrogens with zero attached hydrogens (tertiary/aromatic N) is 1. The molecule has 122 valence electrons. The van der Waals surface area contributed by atoms with Crippen LogP contribution in [0.4, 0.5) is 13.2 Å². The fourth-order valence-corrected chi connectivity index (χ4v) is 3.22. The summed E-state index contributed by atoms with van der Waals surface area (Å²) in [4.78, 5) is 10.8. The van der Waals surface area contributed by atoms with Crippen molar-refractivity contribution in [3.8, 4) is 0 Å². The van der Waals surface area contributed by atoms with E-state index in [2.05, 4.69) is 0 Å². The van der Waals surface area contributed by atoms with Gasteiger partial charge in [0, 0.05) is 25.1 Å². The predicted octanol–water partition coefficient (Wildman–Crippen LogP) is 1.20. The fraction of sp³-hybridized carbons (Fsp3) is 0.417. The molecule has 1 aromatic rings. The van der Waals surface area contributed by atoms with Crippen molar-refractivity contribution in [1.29, 1.82) is 0 Å². The standard InChI is InChI=1S/C12H13F3N2O4S/c13-10-2-1-8(11(18)19)5-9(10)6-16-22(20,21)17-4-3-12(14,15)7-17/h1-2,5,16H,3-4,6-7H2,(H,18,19). The molecule has 0 bridgehead atoms. The topological polar surface area (TPSA) is 86.7 Å². The van der Waals surface area contributed by atoms with Crippen LogP contribution in [0.2, 0.25) is 0 Å². The number of hydrogen-bond acceptors (Lipinski definition) is 3. The Labute approximate surface area is 124 Å². The Hall–Kier alpha value is -1.65. The van der Waals surface area contributed by atoms with Crippen molar-refractivity contribution in [1.82, 2.24) is 9.03 Å². The highest BCUT2D eigenvalue weighted by molar-refractivity contribution is 7.87. The molecule has 0 amide bonds. The second kappa shape index (κ2) is 5.86. The lowest BCUT2D eigenvalue weighted by Gasteiger charge is -2.17. The van der Waals surface area contributed by atoms with E-state index in [4.69, 9.17) is 5.11 Å². The van der Waals surface area contributed by atoms with Crippen molar-refractivity contribution in [3.05, 3.63) is 35.1 Å². The van der Waals surface area contributed by atoms with Gasteiger partial charge in [-0.05, 0) is 18.2 Å². The van der Waals surface area contributed by atoms with E-state index in [1.807, 2.05) is 4.72 Å². The molecule has 1 aliphatic heterocycles. The minimum atomic E-state index is -4.19. The number of nitrogens with one attached hydrogen (secondary N) is 1. The summed E-state index contributed by atoms with van der Waals surface area (Å²) in [5, 5.41) is 8.81. The third-order valence-electron chi connectivity index (χ3n) is 3.21. The molecule has 0 aliphatic carbocycles. The third-order valence-corrected chi connectivity index (χ3v) is 4.71. The molecule has 0 spiro atoms. The summed E-state index contributed by atoms with van der Waals surface area (Å²) < 4.78 is 65.9. The van der Waals surface area contributed by atoms with E-state index >= 15 is 0 Å². The number of hydrogen-bond donors (Lipinski definition) is 2. The number of aromatic carboxylic acids is 1. The fourth-order valence-electron chi connectivity index (χ4n) is 2.01. The van der Waals surface area contributed by atoms with Crippen molar-refractivity contribution in [3.63, 3.8) is 0 Å². The van der Waals surface area contributed by atoms with Gasteiger partial charge in [-0.3, -0.25) is 0 Å². The summed E-state index contributed by atoms with van der Waals surface area (Å²) in [7, 11) is -4.19. The van der Waals surface area contributed by atoms with Gasteiger partial charge in [0.2, 0.25) is 0 Å². The predicted molar refractivity (Wildman–Crippen MR) is 70.3 cm³/mol. The number of halogens is 3. The van der Waals surface area contributed by atoms with Gasteiger partial charge in [-0.1, -0.05) is 0 Å². The summed E-state index contributed by atoms with van der Waals surface area (Å²) in [6.45, 7) is -1.79. The highest BCUT2D eigenvalue weighted by Gasteiger charge is 2.43. The lowest BCUT2D eigenvalue weighted by molar-refractivity contribution is 0.0182. The summed E-state index contributed by atoms with van der Waals surface area (Å²) >= 11 is 0. The largest absolute Gasteiger partial charge is 0.478 e. The number of carbonyl (C=O) groups is 1. The minimum absolute atomic E-state index is 0.186. The lowest BCUT2D eigenvalue weighted by atomic mass is 10.1. The van der Waals surface area contributed by atoms with Crippen molar-refractivity contribution < 1.29 is 31.5 Å². The number of benzene rings is 1. The zero-order chi connectivity index (χ0) is 16.5. The van der Waals surface area contributed by atoms with E-state index in [0.29, 0.717) is 4.31 Å². The SMILES string of the molecule is O=C(O)c1ccc(F)c(CNS(=O)(=O)N2CCC(F)(F)C2)c1. The van der Waals surface area contributed by atoms with Crippen molar-refractivity contribution >= 4 is 16.2 Å². The second-order valence-corrected chi connectivity index (χ2v) is 6.63. The van der Waals surface area contributed by atoms with Gasteiger partial charge in [0.1, 0.15) is 5.82 Å². The summed E-state index contributed by atoms with van der Waals surface area (Å²) in [5.74, 6) is -5.16. The zero-order valence-electron chi connectivity index (χ0n) is 11.2. The van der Waals surface area contributed by atoms with Crippen LogP contribution in [-0.2, 0) is 16.8 Å². The maximum atomic E-state index is 13.5. The highest BCUT2D eigenvalue weighted by Crippen LogP contribution is 2.28. The second-order valence-electron chi connectivity index (χ2n) is 4.88. The van der Waals surface area contributed by atoms with E-state index in [-0.39, 0.29) is 17.7 Å². The number of rotatable bonds is 5. The van der Waals surface area contributed by atoms with Gasteiger partial charge in [-0.25, -0.2) is 18.0 Å². The van der Waals surface area contributed by atoms with Gasteiger partial charge >= 0.3 is 5.97 Å². The molecule has 0 atom stereocenters. The average molecular weight is 338 g/mol. The quantitative estimate of drug-likeness (QED) is 0.845. The van der Waals surface area contributed by atoms with Crippen LogP contribution in [0.15, 0.2) is 18.2 Å². The van der Waals surface area contributed by atoms with Gasteiger partial charge in [-0.15, -0.1) is 0 Å². The molecule has 22 heavy (non-hydrogen) atoms. The molecule has 1 fully saturated rings. The first kappa shape index (κ1) is 16.7. The maximum absolute atomic E-state index is 13.5. The first-order valence-electron chi connectivity index (χ1n) is 6.25. The molecule has 1 saturated heterocycles. The molecule has 0 unspecified atom stereocenters. The lowest BCUT2D eigenvalue weighted by Crippen LogP contribution is -2.40.